The van der Waals surface area contributed by atoms with Crippen molar-refractivity contribution in [3.05, 3.63) is 53.7 Å². The highest BCUT2D eigenvalue weighted by molar-refractivity contribution is 5.98. The lowest BCUT2D eigenvalue weighted by Gasteiger charge is -2.27. The third-order valence-corrected chi connectivity index (χ3v) is 4.21. The van der Waals surface area contributed by atoms with Crippen molar-refractivity contribution in [2.75, 3.05) is 13.7 Å². The van der Waals surface area contributed by atoms with Gasteiger partial charge in [0.15, 0.2) is 0 Å². The van der Waals surface area contributed by atoms with E-state index in [2.05, 4.69) is 15.0 Å². The van der Waals surface area contributed by atoms with Gasteiger partial charge in [-0.05, 0) is 18.2 Å². The minimum absolute atomic E-state index is 0.00494. The van der Waals surface area contributed by atoms with E-state index in [0.29, 0.717) is 18.8 Å². The number of rotatable bonds is 2. The number of H-pyrrole nitrogens is 1. The van der Waals surface area contributed by atoms with Gasteiger partial charge in [0.25, 0.3) is 5.91 Å². The van der Waals surface area contributed by atoms with Gasteiger partial charge in [-0.15, -0.1) is 0 Å². The molecule has 23 heavy (non-hydrogen) atoms. The molecule has 0 bridgehead atoms. The summed E-state index contributed by atoms with van der Waals surface area (Å²) in [5.41, 5.74) is 3.54. The summed E-state index contributed by atoms with van der Waals surface area (Å²) < 4.78 is 5.22. The van der Waals surface area contributed by atoms with Crippen LogP contribution in [-0.4, -0.2) is 39.4 Å². The molecule has 116 valence electrons. The van der Waals surface area contributed by atoms with Gasteiger partial charge in [0, 0.05) is 48.2 Å². The Kier molecular flexibility index (Phi) is 3.22. The summed E-state index contributed by atoms with van der Waals surface area (Å²) in [5, 5.41) is 0.995. The largest absolute Gasteiger partial charge is 0.497 e. The molecule has 0 fully saturated rings. The van der Waals surface area contributed by atoms with Crippen LogP contribution in [0.4, 0.5) is 0 Å². The molecule has 4 rings (SSSR count). The minimum Gasteiger partial charge on any atom is -0.497 e. The van der Waals surface area contributed by atoms with Crippen molar-refractivity contribution in [2.24, 2.45) is 0 Å². The van der Waals surface area contributed by atoms with Crippen molar-refractivity contribution in [1.82, 2.24) is 19.9 Å². The molecule has 0 atom stereocenters. The van der Waals surface area contributed by atoms with E-state index in [-0.39, 0.29) is 5.91 Å². The Morgan fingerprint density at radius 1 is 1.35 bits per heavy atom. The maximum atomic E-state index is 12.8. The van der Waals surface area contributed by atoms with Crippen LogP contribution >= 0.6 is 0 Å². The Bertz CT molecular complexity index is 887. The molecule has 1 N–H and O–H groups in total. The normalized spacial score (nSPS) is 13.9. The van der Waals surface area contributed by atoms with Crippen molar-refractivity contribution in [3.8, 4) is 5.75 Å². The maximum absolute atomic E-state index is 12.8. The summed E-state index contributed by atoms with van der Waals surface area (Å²) in [7, 11) is 1.63. The maximum Gasteiger partial charge on any atom is 0.270 e. The molecule has 3 aromatic rings. The molecule has 0 saturated carbocycles. The summed E-state index contributed by atoms with van der Waals surface area (Å²) in [6, 6.07) is 7.61. The number of carbonyl (C=O) groups excluding carboxylic acids is 1. The average Bonchev–Trinajstić information content (AvgIpc) is 3.03. The number of carbonyl (C=O) groups is 1. The molecule has 6 nitrogen and oxygen atoms in total. The number of nitrogens with zero attached hydrogens (tertiary/aromatic N) is 3. The van der Waals surface area contributed by atoms with Crippen molar-refractivity contribution in [3.63, 3.8) is 0 Å². The summed E-state index contributed by atoms with van der Waals surface area (Å²) >= 11 is 0. The van der Waals surface area contributed by atoms with Gasteiger partial charge < -0.3 is 14.6 Å². The Morgan fingerprint density at radius 2 is 2.26 bits per heavy atom. The summed E-state index contributed by atoms with van der Waals surface area (Å²) in [6.45, 7) is 1.22. The van der Waals surface area contributed by atoms with Crippen molar-refractivity contribution in [1.29, 1.82) is 0 Å². The molecular formula is C17H16N4O2. The van der Waals surface area contributed by atoms with Crippen LogP contribution in [0, 0.1) is 0 Å². The number of hydrogen-bond acceptors (Lipinski definition) is 4. The number of amides is 1. The van der Waals surface area contributed by atoms with E-state index in [1.807, 2.05) is 29.2 Å². The first-order valence-corrected chi connectivity index (χ1v) is 7.48. The lowest BCUT2D eigenvalue weighted by atomic mass is 10.1. The Balaban J connectivity index is 1.62. The van der Waals surface area contributed by atoms with E-state index < -0.39 is 0 Å². The molecule has 6 heteroatoms. The van der Waals surface area contributed by atoms with E-state index in [1.165, 1.54) is 0 Å². The predicted molar refractivity (Wildman–Crippen MR) is 85.3 cm³/mol. The van der Waals surface area contributed by atoms with Crippen LogP contribution in [0.1, 0.15) is 21.7 Å². The SMILES string of the molecule is COc1ccc2cc(C(=O)N3CCc4ncncc4C3)[nH]c2c1. The fourth-order valence-electron chi connectivity index (χ4n) is 2.96. The van der Waals surface area contributed by atoms with Crippen LogP contribution < -0.4 is 4.74 Å². The number of fused-ring (bicyclic) bond motifs is 2. The molecule has 0 aliphatic carbocycles. The molecule has 0 saturated heterocycles. The van der Waals surface area contributed by atoms with Gasteiger partial charge in [0.1, 0.15) is 17.8 Å². The van der Waals surface area contributed by atoms with Gasteiger partial charge >= 0.3 is 0 Å². The number of methoxy groups -OCH3 is 1. The molecule has 1 aliphatic heterocycles. The van der Waals surface area contributed by atoms with Crippen LogP contribution in [0.3, 0.4) is 0 Å². The molecule has 1 aromatic carbocycles. The number of aromatic nitrogens is 3. The summed E-state index contributed by atoms with van der Waals surface area (Å²) in [4.78, 5) is 26.1. The molecule has 1 aliphatic rings. The highest BCUT2D eigenvalue weighted by Crippen LogP contribution is 2.23. The van der Waals surface area contributed by atoms with Gasteiger partial charge in [0.05, 0.1) is 12.8 Å². The minimum atomic E-state index is -0.00494. The lowest BCUT2D eigenvalue weighted by molar-refractivity contribution is 0.0728. The number of hydrogen-bond donors (Lipinski definition) is 1. The zero-order valence-electron chi connectivity index (χ0n) is 12.7. The van der Waals surface area contributed by atoms with E-state index >= 15 is 0 Å². The first-order valence-electron chi connectivity index (χ1n) is 7.48. The standard InChI is InChI=1S/C17H16N4O2/c1-23-13-3-2-11-6-16(20-15(11)7-13)17(22)21-5-4-14-12(9-21)8-18-10-19-14/h2-3,6-8,10,20H,4-5,9H2,1H3. The Morgan fingerprint density at radius 3 is 3.13 bits per heavy atom. The van der Waals surface area contributed by atoms with E-state index in [0.717, 1.165) is 34.3 Å². The third-order valence-electron chi connectivity index (χ3n) is 4.21. The van der Waals surface area contributed by atoms with Crippen LogP contribution in [0.15, 0.2) is 36.8 Å². The fraction of sp³-hybridized carbons (Fsp3) is 0.235. The first-order chi connectivity index (χ1) is 11.2. The number of benzene rings is 1. The summed E-state index contributed by atoms with van der Waals surface area (Å²) in [6.07, 6.45) is 4.11. The first kappa shape index (κ1) is 13.8. The molecule has 0 radical (unpaired) electrons. The highest BCUT2D eigenvalue weighted by atomic mass is 16.5. The van der Waals surface area contributed by atoms with Crippen LogP contribution in [0.2, 0.25) is 0 Å². The molecule has 0 spiro atoms. The van der Waals surface area contributed by atoms with E-state index in [1.54, 1.807) is 19.6 Å². The van der Waals surface area contributed by atoms with Crippen LogP contribution in [0.25, 0.3) is 10.9 Å². The Labute approximate surface area is 133 Å². The smallest absolute Gasteiger partial charge is 0.270 e. The average molecular weight is 308 g/mol. The monoisotopic (exact) mass is 308 g/mol. The number of ether oxygens (including phenoxy) is 1. The van der Waals surface area contributed by atoms with Gasteiger partial charge in [-0.1, -0.05) is 0 Å². The van der Waals surface area contributed by atoms with Gasteiger partial charge in [-0.2, -0.15) is 0 Å². The molecular weight excluding hydrogens is 292 g/mol. The molecule has 1 amide bonds. The van der Waals surface area contributed by atoms with E-state index in [9.17, 15) is 4.79 Å². The fourth-order valence-corrected chi connectivity index (χ4v) is 2.96. The van der Waals surface area contributed by atoms with E-state index in [4.69, 9.17) is 4.74 Å². The second kappa shape index (κ2) is 5.39. The van der Waals surface area contributed by atoms with Crippen LogP contribution in [0.5, 0.6) is 5.75 Å². The van der Waals surface area contributed by atoms with Crippen molar-refractivity contribution in [2.45, 2.75) is 13.0 Å². The lowest BCUT2D eigenvalue weighted by Crippen LogP contribution is -2.36. The second-order valence-corrected chi connectivity index (χ2v) is 5.61. The number of aromatic amines is 1. The van der Waals surface area contributed by atoms with Gasteiger partial charge in [-0.3, -0.25) is 4.79 Å². The topological polar surface area (TPSA) is 71.1 Å². The third kappa shape index (κ3) is 2.42. The van der Waals surface area contributed by atoms with Crippen LogP contribution in [-0.2, 0) is 13.0 Å². The quantitative estimate of drug-likeness (QED) is 0.787. The van der Waals surface area contributed by atoms with Gasteiger partial charge in [-0.25, -0.2) is 9.97 Å². The molecule has 2 aromatic heterocycles. The highest BCUT2D eigenvalue weighted by Gasteiger charge is 2.23. The molecule has 0 unspecified atom stereocenters. The second-order valence-electron chi connectivity index (χ2n) is 5.61. The molecule has 3 heterocycles. The van der Waals surface area contributed by atoms with Crippen molar-refractivity contribution >= 4 is 16.8 Å². The zero-order chi connectivity index (χ0) is 15.8. The predicted octanol–water partition coefficient (Wildman–Crippen LogP) is 2.17. The summed E-state index contributed by atoms with van der Waals surface area (Å²) in [5.74, 6) is 0.761. The number of nitrogens with one attached hydrogen (secondary N) is 1. The van der Waals surface area contributed by atoms with Gasteiger partial charge in [0.2, 0.25) is 0 Å². The zero-order valence-corrected chi connectivity index (χ0v) is 12.7. The Hall–Kier alpha value is -2.89. The van der Waals surface area contributed by atoms with Crippen molar-refractivity contribution < 1.29 is 9.53 Å².